The first kappa shape index (κ1) is 21.5. The van der Waals surface area contributed by atoms with E-state index in [2.05, 4.69) is 5.32 Å². The van der Waals surface area contributed by atoms with Crippen LogP contribution in [0.1, 0.15) is 26.9 Å². The molecule has 0 bridgehead atoms. The molecule has 1 aliphatic rings. The topological polar surface area (TPSA) is 71.4 Å². The van der Waals surface area contributed by atoms with Gasteiger partial charge in [0, 0.05) is 24.8 Å². The Balaban J connectivity index is 1.31. The highest BCUT2D eigenvalue weighted by molar-refractivity contribution is 8.00. The summed E-state index contributed by atoms with van der Waals surface area (Å²) in [5.74, 6) is 0.350. The van der Waals surface area contributed by atoms with Crippen molar-refractivity contribution in [3.8, 4) is 0 Å². The van der Waals surface area contributed by atoms with Crippen LogP contribution in [0.25, 0.3) is 10.2 Å². The minimum Gasteiger partial charge on any atom is -0.322 e. The summed E-state index contributed by atoms with van der Waals surface area (Å²) < 4.78 is 2.43. The number of fused-ring (bicyclic) bond motifs is 1. The fourth-order valence-corrected chi connectivity index (χ4v) is 6.00. The van der Waals surface area contributed by atoms with Gasteiger partial charge >= 0.3 is 4.87 Å². The van der Waals surface area contributed by atoms with Crippen LogP contribution in [0.3, 0.4) is 0 Å². The summed E-state index contributed by atoms with van der Waals surface area (Å²) in [4.78, 5) is 38.9. The number of nitrogens with one attached hydrogen (secondary N) is 1. The van der Waals surface area contributed by atoms with E-state index in [0.717, 1.165) is 32.7 Å². The third-order valence-electron chi connectivity index (χ3n) is 5.67. The lowest BCUT2D eigenvalue weighted by atomic mass is 10.1. The highest BCUT2D eigenvalue weighted by Gasteiger charge is 2.32. The van der Waals surface area contributed by atoms with Crippen molar-refractivity contribution in [2.24, 2.45) is 7.05 Å². The predicted octanol–water partition coefficient (Wildman–Crippen LogP) is 4.63. The Morgan fingerprint density at radius 1 is 1.03 bits per heavy atom. The van der Waals surface area contributed by atoms with Crippen molar-refractivity contribution in [1.29, 1.82) is 0 Å². The summed E-state index contributed by atoms with van der Waals surface area (Å²) in [7, 11) is 1.73. The van der Waals surface area contributed by atoms with Crippen molar-refractivity contribution in [2.75, 3.05) is 11.1 Å². The molecule has 1 N–H and O–H groups in total. The molecule has 0 spiro atoms. The summed E-state index contributed by atoms with van der Waals surface area (Å²) in [6, 6.07) is 22.8. The van der Waals surface area contributed by atoms with Gasteiger partial charge in [0.25, 0.3) is 5.91 Å². The molecule has 8 heteroatoms. The molecule has 1 saturated heterocycles. The van der Waals surface area contributed by atoms with E-state index >= 15 is 0 Å². The predicted molar refractivity (Wildman–Crippen MR) is 134 cm³/mol. The second kappa shape index (κ2) is 8.88. The molecule has 6 nitrogen and oxygen atoms in total. The van der Waals surface area contributed by atoms with Crippen molar-refractivity contribution >= 4 is 50.8 Å². The number of carbonyl (C=O) groups is 2. The molecule has 2 heterocycles. The highest BCUT2D eigenvalue weighted by Crippen LogP contribution is 2.39. The van der Waals surface area contributed by atoms with Gasteiger partial charge in [-0.25, -0.2) is 0 Å². The smallest absolute Gasteiger partial charge is 0.307 e. The number of hydrogen-bond donors (Lipinski definition) is 1. The fraction of sp³-hybridized carbons (Fsp3) is 0.160. The van der Waals surface area contributed by atoms with Crippen molar-refractivity contribution < 1.29 is 9.59 Å². The van der Waals surface area contributed by atoms with E-state index in [0.29, 0.717) is 23.5 Å². The summed E-state index contributed by atoms with van der Waals surface area (Å²) in [5, 5.41) is 2.83. The lowest BCUT2D eigenvalue weighted by molar-refractivity contribution is -0.128. The molecule has 166 valence electrons. The number of benzene rings is 3. The molecule has 5 rings (SSSR count). The number of carbonyl (C=O) groups excluding carboxylic acids is 2. The van der Waals surface area contributed by atoms with E-state index in [1.54, 1.807) is 41.6 Å². The van der Waals surface area contributed by atoms with E-state index in [-0.39, 0.29) is 22.1 Å². The van der Waals surface area contributed by atoms with Crippen molar-refractivity contribution in [3.05, 3.63) is 99.2 Å². The van der Waals surface area contributed by atoms with Crippen LogP contribution in [-0.4, -0.2) is 27.0 Å². The van der Waals surface area contributed by atoms with Crippen LogP contribution in [-0.2, 0) is 18.4 Å². The number of aryl methyl sites for hydroxylation is 1. The molecule has 2 amide bonds. The lowest BCUT2D eigenvalue weighted by Crippen LogP contribution is -2.27. The molecule has 33 heavy (non-hydrogen) atoms. The minimum atomic E-state index is -0.222. The number of anilines is 1. The quantitative estimate of drug-likeness (QED) is 0.457. The van der Waals surface area contributed by atoms with Gasteiger partial charge in [-0.05, 0) is 41.5 Å². The average Bonchev–Trinajstić information content (AvgIpc) is 3.33. The number of amides is 2. The first-order valence-corrected chi connectivity index (χ1v) is 12.3. The van der Waals surface area contributed by atoms with Crippen molar-refractivity contribution in [3.63, 3.8) is 0 Å². The lowest BCUT2D eigenvalue weighted by Gasteiger charge is -2.24. The minimum absolute atomic E-state index is 0.0337. The molecule has 1 unspecified atom stereocenters. The Hall–Kier alpha value is -3.36. The zero-order valence-electron chi connectivity index (χ0n) is 17.9. The molecule has 0 radical (unpaired) electrons. The standard InChI is InChI=1S/C25H21N3O3S2/c1-27-20-12-11-19(13-21(20)33-25(27)31)26-23(30)17-7-9-18(10-8-17)24-28(22(29)15-32-24)14-16-5-3-2-4-6-16/h2-13,24H,14-15H2,1H3,(H,26,30). The Kier molecular flexibility index (Phi) is 5.78. The molecular weight excluding hydrogens is 454 g/mol. The van der Waals surface area contributed by atoms with E-state index in [9.17, 15) is 14.4 Å². The zero-order valence-corrected chi connectivity index (χ0v) is 19.5. The number of aromatic nitrogens is 1. The summed E-state index contributed by atoms with van der Waals surface area (Å²) in [6.45, 7) is 0.563. The number of hydrogen-bond acceptors (Lipinski definition) is 5. The molecule has 1 atom stereocenters. The average molecular weight is 476 g/mol. The maximum atomic E-state index is 12.8. The monoisotopic (exact) mass is 475 g/mol. The third-order valence-corrected chi connectivity index (χ3v) is 7.92. The van der Waals surface area contributed by atoms with Gasteiger partial charge in [0.05, 0.1) is 16.0 Å². The van der Waals surface area contributed by atoms with E-state index < -0.39 is 0 Å². The summed E-state index contributed by atoms with van der Waals surface area (Å²) >= 11 is 2.76. The van der Waals surface area contributed by atoms with Crippen LogP contribution >= 0.6 is 23.1 Å². The Morgan fingerprint density at radius 2 is 1.79 bits per heavy atom. The zero-order chi connectivity index (χ0) is 22.9. The second-order valence-corrected chi connectivity index (χ2v) is 9.92. The molecule has 1 fully saturated rings. The van der Waals surface area contributed by atoms with Crippen LogP contribution < -0.4 is 10.2 Å². The maximum absolute atomic E-state index is 12.8. The second-order valence-electron chi connectivity index (χ2n) is 7.86. The van der Waals surface area contributed by atoms with Crippen molar-refractivity contribution in [1.82, 2.24) is 9.47 Å². The summed E-state index contributed by atoms with van der Waals surface area (Å²) in [6.07, 6.45) is 0. The van der Waals surface area contributed by atoms with Crippen LogP contribution in [0.2, 0.25) is 0 Å². The normalized spacial score (nSPS) is 15.8. The van der Waals surface area contributed by atoms with E-state index in [1.807, 2.05) is 59.5 Å². The first-order chi connectivity index (χ1) is 16.0. The first-order valence-electron chi connectivity index (χ1n) is 10.5. The summed E-state index contributed by atoms with van der Waals surface area (Å²) in [5.41, 5.74) is 4.10. The molecule has 4 aromatic rings. The number of thiazole rings is 1. The molecular formula is C25H21N3O3S2. The van der Waals surface area contributed by atoms with Gasteiger partial charge in [0.2, 0.25) is 5.91 Å². The fourth-order valence-electron chi connectivity index (χ4n) is 3.90. The van der Waals surface area contributed by atoms with Gasteiger partial charge in [0.1, 0.15) is 5.37 Å². The van der Waals surface area contributed by atoms with Crippen LogP contribution in [0.4, 0.5) is 5.69 Å². The molecule has 3 aromatic carbocycles. The third kappa shape index (κ3) is 4.31. The molecule has 1 aliphatic heterocycles. The Bertz CT molecular complexity index is 1390. The molecule has 0 saturated carbocycles. The highest BCUT2D eigenvalue weighted by atomic mass is 32.2. The largest absolute Gasteiger partial charge is 0.322 e. The van der Waals surface area contributed by atoms with Crippen LogP contribution in [0.15, 0.2) is 77.6 Å². The van der Waals surface area contributed by atoms with Gasteiger partial charge < -0.3 is 14.8 Å². The molecule has 1 aromatic heterocycles. The van der Waals surface area contributed by atoms with E-state index in [4.69, 9.17) is 0 Å². The van der Waals surface area contributed by atoms with E-state index in [1.165, 1.54) is 0 Å². The maximum Gasteiger partial charge on any atom is 0.307 e. The van der Waals surface area contributed by atoms with Gasteiger partial charge in [0.15, 0.2) is 0 Å². The number of rotatable bonds is 5. The SMILES string of the molecule is Cn1c(=O)sc2cc(NC(=O)c3ccc(C4SCC(=O)N4Cc4ccccc4)cc3)ccc21. The van der Waals surface area contributed by atoms with Crippen molar-refractivity contribution in [2.45, 2.75) is 11.9 Å². The van der Waals surface area contributed by atoms with Crippen LogP contribution in [0, 0.1) is 0 Å². The molecule has 0 aliphatic carbocycles. The Labute approximate surface area is 198 Å². The Morgan fingerprint density at radius 3 is 2.55 bits per heavy atom. The van der Waals surface area contributed by atoms with Gasteiger partial charge in [-0.2, -0.15) is 0 Å². The van der Waals surface area contributed by atoms with Gasteiger partial charge in [-0.15, -0.1) is 11.8 Å². The number of nitrogens with zero attached hydrogens (tertiary/aromatic N) is 2. The van der Waals surface area contributed by atoms with Gasteiger partial charge in [-0.1, -0.05) is 53.8 Å². The van der Waals surface area contributed by atoms with Gasteiger partial charge in [-0.3, -0.25) is 14.4 Å². The van der Waals surface area contributed by atoms with Crippen LogP contribution in [0.5, 0.6) is 0 Å². The number of thioether (sulfide) groups is 1.